The molecule has 1 fully saturated rings. The van der Waals surface area contributed by atoms with Crippen LogP contribution in [0.4, 0.5) is 10.5 Å². The number of carbonyl (C=O) groups excluding carboxylic acids is 4. The maximum atomic E-state index is 12.4. The van der Waals surface area contributed by atoms with Gasteiger partial charge in [-0.15, -0.1) is 0 Å². The Labute approximate surface area is 144 Å². The van der Waals surface area contributed by atoms with E-state index in [0.29, 0.717) is 11.4 Å². The van der Waals surface area contributed by atoms with Gasteiger partial charge < -0.3 is 20.1 Å². The Kier molecular flexibility index (Phi) is 5.93. The summed E-state index contributed by atoms with van der Waals surface area (Å²) < 4.78 is 9.45. The lowest BCUT2D eigenvalue weighted by Crippen LogP contribution is -2.34. The topological polar surface area (TPSA) is 114 Å². The van der Waals surface area contributed by atoms with E-state index in [1.54, 1.807) is 24.3 Å². The van der Waals surface area contributed by atoms with Gasteiger partial charge in [-0.05, 0) is 30.7 Å². The number of hydrogen-bond donors (Lipinski definition) is 2. The molecule has 1 atom stereocenters. The maximum absolute atomic E-state index is 12.4. The summed E-state index contributed by atoms with van der Waals surface area (Å²) in [6.07, 6.45) is 0.119. The lowest BCUT2D eigenvalue weighted by atomic mass is 10.1. The molecule has 0 bridgehead atoms. The number of nitrogens with one attached hydrogen (secondary N) is 2. The van der Waals surface area contributed by atoms with Gasteiger partial charge in [0.2, 0.25) is 5.91 Å². The number of imide groups is 1. The van der Waals surface area contributed by atoms with Crippen LogP contribution in [0.25, 0.3) is 0 Å². The van der Waals surface area contributed by atoms with Crippen molar-refractivity contribution in [2.45, 2.75) is 18.9 Å². The zero-order chi connectivity index (χ0) is 18.4. The largest absolute Gasteiger partial charge is 0.497 e. The molecule has 1 aromatic carbocycles. The highest BCUT2D eigenvalue weighted by Gasteiger charge is 2.38. The van der Waals surface area contributed by atoms with Crippen molar-refractivity contribution in [2.75, 3.05) is 25.7 Å². The van der Waals surface area contributed by atoms with Gasteiger partial charge in [-0.25, -0.2) is 9.69 Å². The van der Waals surface area contributed by atoms with Crippen LogP contribution in [0.15, 0.2) is 24.3 Å². The molecule has 9 heteroatoms. The smallest absolute Gasteiger partial charge is 0.329 e. The van der Waals surface area contributed by atoms with E-state index in [4.69, 9.17) is 4.74 Å². The van der Waals surface area contributed by atoms with Crippen molar-refractivity contribution in [3.05, 3.63) is 24.3 Å². The van der Waals surface area contributed by atoms with Gasteiger partial charge in [0.05, 0.1) is 19.9 Å². The second-order valence-electron chi connectivity index (χ2n) is 5.27. The summed E-state index contributed by atoms with van der Waals surface area (Å²) in [4.78, 5) is 48.1. The monoisotopic (exact) mass is 349 g/mol. The number of esters is 1. The molecule has 25 heavy (non-hydrogen) atoms. The van der Waals surface area contributed by atoms with Crippen LogP contribution in [0.2, 0.25) is 0 Å². The molecule has 2 N–H and O–H groups in total. The zero-order valence-corrected chi connectivity index (χ0v) is 13.9. The van der Waals surface area contributed by atoms with E-state index in [0.717, 1.165) is 4.90 Å². The Balaban J connectivity index is 1.91. The molecule has 0 radical (unpaired) electrons. The summed E-state index contributed by atoms with van der Waals surface area (Å²) in [6, 6.07) is 5.14. The molecule has 9 nitrogen and oxygen atoms in total. The Hall–Kier alpha value is -3.10. The van der Waals surface area contributed by atoms with Gasteiger partial charge in [-0.2, -0.15) is 0 Å². The van der Waals surface area contributed by atoms with E-state index in [2.05, 4.69) is 15.4 Å². The molecule has 1 aliphatic heterocycles. The minimum Gasteiger partial charge on any atom is -0.497 e. The van der Waals surface area contributed by atoms with E-state index in [1.165, 1.54) is 14.2 Å². The number of anilines is 1. The second kappa shape index (κ2) is 8.13. The zero-order valence-electron chi connectivity index (χ0n) is 13.9. The molecule has 1 aliphatic rings. The molecule has 1 aromatic rings. The number of rotatable bonds is 7. The molecule has 134 valence electrons. The molecular weight excluding hydrogens is 330 g/mol. The Morgan fingerprint density at radius 2 is 1.88 bits per heavy atom. The number of methoxy groups -OCH3 is 2. The third kappa shape index (κ3) is 4.46. The maximum Gasteiger partial charge on any atom is 0.329 e. The van der Waals surface area contributed by atoms with E-state index in [1.807, 2.05) is 0 Å². The van der Waals surface area contributed by atoms with Crippen molar-refractivity contribution in [1.29, 1.82) is 0 Å². The highest BCUT2D eigenvalue weighted by molar-refractivity contribution is 6.21. The van der Waals surface area contributed by atoms with Crippen LogP contribution in [-0.4, -0.2) is 50.6 Å². The normalized spacial score (nSPS) is 16.4. The highest BCUT2D eigenvalue weighted by atomic mass is 16.5. The lowest BCUT2D eigenvalue weighted by Gasteiger charge is -2.13. The number of amides is 4. The number of carbonyl (C=O) groups is 4. The SMILES string of the molecule is COC(=O)CNC(=O)CC[C@@H]1NC(=O)N(c2ccc(OC)cc2)C1=O. The summed E-state index contributed by atoms with van der Waals surface area (Å²) in [7, 11) is 2.74. The summed E-state index contributed by atoms with van der Waals surface area (Å²) in [5.41, 5.74) is 0.418. The van der Waals surface area contributed by atoms with Gasteiger partial charge in [0.25, 0.3) is 5.91 Å². The fourth-order valence-electron chi connectivity index (χ4n) is 2.31. The van der Waals surface area contributed by atoms with Gasteiger partial charge >= 0.3 is 12.0 Å². The van der Waals surface area contributed by atoms with Crippen LogP contribution in [-0.2, 0) is 19.1 Å². The van der Waals surface area contributed by atoms with Crippen molar-refractivity contribution in [3.8, 4) is 5.75 Å². The van der Waals surface area contributed by atoms with E-state index < -0.39 is 29.9 Å². The molecule has 0 saturated carbocycles. The Morgan fingerprint density at radius 3 is 2.48 bits per heavy atom. The fraction of sp³-hybridized carbons (Fsp3) is 0.375. The second-order valence-corrected chi connectivity index (χ2v) is 5.27. The minimum atomic E-state index is -0.793. The molecule has 1 saturated heterocycles. The van der Waals surface area contributed by atoms with Crippen molar-refractivity contribution < 1.29 is 28.7 Å². The fourth-order valence-corrected chi connectivity index (χ4v) is 2.31. The summed E-state index contributed by atoms with van der Waals surface area (Å²) >= 11 is 0. The molecule has 2 rings (SSSR count). The first kappa shape index (κ1) is 18.2. The first-order chi connectivity index (χ1) is 12.0. The summed E-state index contributed by atoms with van der Waals surface area (Å²) in [5.74, 6) is -0.801. The number of ether oxygens (including phenoxy) is 2. The van der Waals surface area contributed by atoms with Gasteiger partial charge in [0.15, 0.2) is 0 Å². The molecule has 0 unspecified atom stereocenters. The highest BCUT2D eigenvalue weighted by Crippen LogP contribution is 2.23. The Morgan fingerprint density at radius 1 is 1.20 bits per heavy atom. The first-order valence-corrected chi connectivity index (χ1v) is 7.58. The van der Waals surface area contributed by atoms with E-state index in [-0.39, 0.29) is 19.4 Å². The van der Waals surface area contributed by atoms with Crippen LogP contribution < -0.4 is 20.3 Å². The third-order valence-electron chi connectivity index (χ3n) is 3.67. The van der Waals surface area contributed by atoms with Crippen LogP contribution in [0.1, 0.15) is 12.8 Å². The number of benzene rings is 1. The molecular formula is C16H19N3O6. The first-order valence-electron chi connectivity index (χ1n) is 7.58. The van der Waals surface area contributed by atoms with E-state index in [9.17, 15) is 19.2 Å². The standard InChI is InChI=1S/C16H19N3O6/c1-24-11-5-3-10(4-6-11)19-15(22)12(18-16(19)23)7-8-13(20)17-9-14(21)25-2/h3-6,12H,7-9H2,1-2H3,(H,17,20)(H,18,23)/t12-/m0/s1. The summed E-state index contributed by atoms with van der Waals surface area (Å²) in [6.45, 7) is -0.238. The van der Waals surface area contributed by atoms with Crippen LogP contribution in [0.3, 0.4) is 0 Å². The van der Waals surface area contributed by atoms with Crippen molar-refractivity contribution >= 4 is 29.5 Å². The van der Waals surface area contributed by atoms with Gasteiger partial charge in [0.1, 0.15) is 18.3 Å². The van der Waals surface area contributed by atoms with Crippen molar-refractivity contribution in [2.24, 2.45) is 0 Å². The molecule has 0 spiro atoms. The number of urea groups is 1. The average Bonchev–Trinajstić information content (AvgIpc) is 2.91. The number of nitrogens with zero attached hydrogens (tertiary/aromatic N) is 1. The van der Waals surface area contributed by atoms with Crippen molar-refractivity contribution in [3.63, 3.8) is 0 Å². The van der Waals surface area contributed by atoms with Crippen molar-refractivity contribution in [1.82, 2.24) is 10.6 Å². The van der Waals surface area contributed by atoms with Crippen LogP contribution in [0.5, 0.6) is 5.75 Å². The predicted octanol–water partition coefficient (Wildman–Crippen LogP) is 0.189. The average molecular weight is 349 g/mol. The summed E-state index contributed by atoms with van der Waals surface area (Å²) in [5, 5.41) is 4.92. The molecule has 4 amide bonds. The quantitative estimate of drug-likeness (QED) is 0.536. The predicted molar refractivity (Wildman–Crippen MR) is 87.1 cm³/mol. The van der Waals surface area contributed by atoms with Crippen LogP contribution in [0, 0.1) is 0 Å². The number of hydrogen-bond acceptors (Lipinski definition) is 6. The molecule has 0 aliphatic carbocycles. The third-order valence-corrected chi connectivity index (χ3v) is 3.67. The minimum absolute atomic E-state index is 0.00979. The Bertz CT molecular complexity index is 673. The van der Waals surface area contributed by atoms with Gasteiger partial charge in [-0.1, -0.05) is 0 Å². The van der Waals surface area contributed by atoms with Crippen LogP contribution >= 0.6 is 0 Å². The van der Waals surface area contributed by atoms with Gasteiger partial charge in [0, 0.05) is 6.42 Å². The molecule has 0 aromatic heterocycles. The molecule has 1 heterocycles. The van der Waals surface area contributed by atoms with Gasteiger partial charge in [-0.3, -0.25) is 14.4 Å². The lowest BCUT2D eigenvalue weighted by molar-refractivity contribution is -0.141. The van der Waals surface area contributed by atoms with E-state index >= 15 is 0 Å².